The van der Waals surface area contributed by atoms with Crippen LogP contribution in [0.25, 0.3) is 0 Å². The minimum atomic E-state index is -1.28. The van der Waals surface area contributed by atoms with Gasteiger partial charge < -0.3 is 10.1 Å². The summed E-state index contributed by atoms with van der Waals surface area (Å²) in [5.41, 5.74) is -0.0301. The van der Waals surface area contributed by atoms with Gasteiger partial charge in [-0.15, -0.1) is 0 Å². The highest BCUT2D eigenvalue weighted by Gasteiger charge is 2.70. The molecule has 3 amide bonds. The van der Waals surface area contributed by atoms with Crippen LogP contribution in [-0.4, -0.2) is 48.9 Å². The number of benzene rings is 1. The molecule has 4 atom stereocenters. The molecule has 8 heteroatoms. The van der Waals surface area contributed by atoms with Gasteiger partial charge in [0.05, 0.1) is 25.0 Å². The maximum absolute atomic E-state index is 13.3. The molecule has 144 valence electrons. The average molecular weight is 392 g/mol. The van der Waals surface area contributed by atoms with Gasteiger partial charge in [0, 0.05) is 29.4 Å². The van der Waals surface area contributed by atoms with Crippen molar-refractivity contribution >= 4 is 35.0 Å². The van der Waals surface area contributed by atoms with Crippen molar-refractivity contribution in [2.75, 3.05) is 25.6 Å². The van der Waals surface area contributed by atoms with Gasteiger partial charge in [0.2, 0.25) is 17.7 Å². The van der Waals surface area contributed by atoms with Gasteiger partial charge >= 0.3 is 0 Å². The zero-order valence-corrected chi connectivity index (χ0v) is 16.2. The molecule has 4 rings (SSSR count). The van der Waals surface area contributed by atoms with Crippen LogP contribution in [0.4, 0.5) is 5.69 Å². The van der Waals surface area contributed by atoms with Crippen LogP contribution in [0.1, 0.15) is 19.4 Å². The average Bonchev–Trinajstić information content (AvgIpc) is 3.20. The summed E-state index contributed by atoms with van der Waals surface area (Å²) in [7, 11) is 1.52. The lowest BCUT2D eigenvalue weighted by molar-refractivity contribution is -0.143. The number of halogens is 1. The Morgan fingerprint density at radius 2 is 2.00 bits per heavy atom. The smallest absolute Gasteiger partial charge is 0.250 e. The van der Waals surface area contributed by atoms with Gasteiger partial charge in [-0.1, -0.05) is 25.4 Å². The van der Waals surface area contributed by atoms with Crippen LogP contribution in [0.5, 0.6) is 0 Å². The third-order valence-electron chi connectivity index (χ3n) is 5.94. The van der Waals surface area contributed by atoms with Crippen molar-refractivity contribution in [3.63, 3.8) is 0 Å². The SMILES string of the molecule is COCCN1C(=O)[C@H]2[C@@H](C1=O)[C@]1(N[C@H]2C(C)C)C(=O)Nc2ccc(Cl)cc21. The Morgan fingerprint density at radius 3 is 2.67 bits per heavy atom. The topological polar surface area (TPSA) is 87.7 Å². The Hall–Kier alpha value is -1.96. The molecule has 27 heavy (non-hydrogen) atoms. The van der Waals surface area contributed by atoms with E-state index in [-0.39, 0.29) is 42.8 Å². The van der Waals surface area contributed by atoms with Crippen molar-refractivity contribution in [3.05, 3.63) is 28.8 Å². The maximum Gasteiger partial charge on any atom is 0.250 e. The van der Waals surface area contributed by atoms with Crippen LogP contribution in [0.15, 0.2) is 18.2 Å². The Balaban J connectivity index is 1.86. The summed E-state index contributed by atoms with van der Waals surface area (Å²) in [5.74, 6) is -2.22. The number of hydrogen-bond acceptors (Lipinski definition) is 5. The van der Waals surface area contributed by atoms with Gasteiger partial charge in [0.1, 0.15) is 5.54 Å². The van der Waals surface area contributed by atoms with Crippen molar-refractivity contribution in [3.8, 4) is 0 Å². The van der Waals surface area contributed by atoms with Crippen LogP contribution >= 0.6 is 11.6 Å². The van der Waals surface area contributed by atoms with E-state index in [1.54, 1.807) is 18.2 Å². The van der Waals surface area contributed by atoms with E-state index in [4.69, 9.17) is 16.3 Å². The van der Waals surface area contributed by atoms with E-state index in [0.717, 1.165) is 0 Å². The van der Waals surface area contributed by atoms with E-state index in [1.165, 1.54) is 12.0 Å². The summed E-state index contributed by atoms with van der Waals surface area (Å²) < 4.78 is 5.05. The molecule has 0 saturated carbocycles. The Morgan fingerprint density at radius 1 is 1.26 bits per heavy atom. The number of rotatable bonds is 4. The molecule has 0 aliphatic carbocycles. The summed E-state index contributed by atoms with van der Waals surface area (Å²) in [6, 6.07) is 4.83. The molecule has 1 aromatic carbocycles. The molecule has 0 aromatic heterocycles. The maximum atomic E-state index is 13.3. The van der Waals surface area contributed by atoms with Crippen molar-refractivity contribution < 1.29 is 19.1 Å². The van der Waals surface area contributed by atoms with E-state index < -0.39 is 17.4 Å². The molecule has 7 nitrogen and oxygen atoms in total. The van der Waals surface area contributed by atoms with Crippen LogP contribution in [0.3, 0.4) is 0 Å². The van der Waals surface area contributed by atoms with E-state index in [2.05, 4.69) is 10.6 Å². The second-order valence-corrected chi connectivity index (χ2v) is 8.13. The first kappa shape index (κ1) is 18.4. The molecule has 3 aliphatic rings. The highest BCUT2D eigenvalue weighted by atomic mass is 35.5. The standard InChI is InChI=1S/C19H22ClN3O4/c1-9(2)15-13-14(17(25)23(16(13)24)6-7-27-3)19(22-15)11-8-10(20)4-5-12(11)21-18(19)26/h4-5,8-9,13-15,22H,6-7H2,1-3H3,(H,21,26)/t13-,14-,15-,19-/m0/s1. The number of amides is 3. The lowest BCUT2D eigenvalue weighted by Gasteiger charge is -2.30. The van der Waals surface area contributed by atoms with E-state index >= 15 is 0 Å². The number of likely N-dealkylation sites (tertiary alicyclic amines) is 1. The zero-order valence-electron chi connectivity index (χ0n) is 15.4. The second kappa shape index (κ2) is 6.29. The van der Waals surface area contributed by atoms with Crippen LogP contribution in [0, 0.1) is 17.8 Å². The number of ether oxygens (including phenoxy) is 1. The second-order valence-electron chi connectivity index (χ2n) is 7.69. The molecule has 2 saturated heterocycles. The van der Waals surface area contributed by atoms with Crippen molar-refractivity contribution in [2.24, 2.45) is 17.8 Å². The van der Waals surface area contributed by atoms with Gasteiger partial charge in [-0.05, 0) is 24.1 Å². The highest BCUT2D eigenvalue weighted by molar-refractivity contribution is 6.31. The minimum Gasteiger partial charge on any atom is -0.383 e. The lowest BCUT2D eigenvalue weighted by Crippen LogP contribution is -2.54. The molecule has 0 radical (unpaired) electrons. The fourth-order valence-electron chi connectivity index (χ4n) is 4.74. The zero-order chi connectivity index (χ0) is 19.5. The number of carbonyl (C=O) groups is 3. The molecule has 3 aliphatic heterocycles. The third-order valence-corrected chi connectivity index (χ3v) is 6.18. The Labute approximate surface area is 162 Å². The van der Waals surface area contributed by atoms with Gasteiger partial charge in [-0.25, -0.2) is 0 Å². The van der Waals surface area contributed by atoms with E-state index in [0.29, 0.717) is 16.3 Å². The monoisotopic (exact) mass is 391 g/mol. The fourth-order valence-corrected chi connectivity index (χ4v) is 4.91. The quantitative estimate of drug-likeness (QED) is 0.757. The molecule has 0 unspecified atom stereocenters. The first-order valence-corrected chi connectivity index (χ1v) is 9.44. The van der Waals surface area contributed by atoms with Gasteiger partial charge in [0.15, 0.2) is 0 Å². The largest absolute Gasteiger partial charge is 0.383 e. The van der Waals surface area contributed by atoms with Gasteiger partial charge in [0.25, 0.3) is 0 Å². The van der Waals surface area contributed by atoms with Crippen LogP contribution in [-0.2, 0) is 24.7 Å². The molecular weight excluding hydrogens is 370 g/mol. The van der Waals surface area contributed by atoms with E-state index in [9.17, 15) is 14.4 Å². The van der Waals surface area contributed by atoms with Gasteiger partial charge in [-0.2, -0.15) is 0 Å². The first-order chi connectivity index (χ1) is 12.8. The molecule has 3 heterocycles. The minimum absolute atomic E-state index is 0.0621. The summed E-state index contributed by atoms with van der Waals surface area (Å²) in [6.07, 6.45) is 0. The predicted octanol–water partition coefficient (Wildman–Crippen LogP) is 1.36. The number of fused-ring (bicyclic) bond motifs is 4. The number of methoxy groups -OCH3 is 1. The van der Waals surface area contributed by atoms with Crippen molar-refractivity contribution in [2.45, 2.75) is 25.4 Å². The summed E-state index contributed by atoms with van der Waals surface area (Å²) in [4.78, 5) is 40.7. The molecular formula is C19H22ClN3O4. The molecule has 2 N–H and O–H groups in total. The summed E-state index contributed by atoms with van der Waals surface area (Å²) in [6.45, 7) is 4.41. The number of anilines is 1. The third kappa shape index (κ3) is 2.38. The first-order valence-electron chi connectivity index (χ1n) is 9.06. The predicted molar refractivity (Wildman–Crippen MR) is 99.1 cm³/mol. The summed E-state index contributed by atoms with van der Waals surface area (Å²) >= 11 is 6.19. The highest BCUT2D eigenvalue weighted by Crippen LogP contribution is 2.54. The van der Waals surface area contributed by atoms with Crippen LogP contribution in [0.2, 0.25) is 5.02 Å². The van der Waals surface area contributed by atoms with Gasteiger partial charge in [-0.3, -0.25) is 24.6 Å². The Bertz CT molecular complexity index is 842. The number of imide groups is 1. The fraction of sp³-hybridized carbons (Fsp3) is 0.526. The van der Waals surface area contributed by atoms with Crippen molar-refractivity contribution in [1.82, 2.24) is 10.2 Å². The number of nitrogens with one attached hydrogen (secondary N) is 2. The molecule has 1 spiro atoms. The number of carbonyl (C=O) groups excluding carboxylic acids is 3. The number of nitrogens with zero attached hydrogens (tertiary/aromatic N) is 1. The Kier molecular flexibility index (Phi) is 4.29. The van der Waals surface area contributed by atoms with Crippen molar-refractivity contribution in [1.29, 1.82) is 0 Å². The molecule has 2 fully saturated rings. The normalized spacial score (nSPS) is 31.8. The van der Waals surface area contributed by atoms with E-state index in [1.807, 2.05) is 13.8 Å². The number of hydrogen-bond donors (Lipinski definition) is 2. The molecule has 0 bridgehead atoms. The lowest BCUT2D eigenvalue weighted by atomic mass is 9.76. The summed E-state index contributed by atoms with van der Waals surface area (Å²) in [5, 5.41) is 6.70. The van der Waals surface area contributed by atoms with Crippen LogP contribution < -0.4 is 10.6 Å². The molecule has 1 aromatic rings.